The zero-order valence-corrected chi connectivity index (χ0v) is 15.5. The van der Waals surface area contributed by atoms with Crippen molar-refractivity contribution < 1.29 is 9.18 Å². The van der Waals surface area contributed by atoms with Gasteiger partial charge in [0, 0.05) is 24.1 Å². The summed E-state index contributed by atoms with van der Waals surface area (Å²) in [6.07, 6.45) is 5.74. The SMILES string of the molecule is O=C(CC1CC2CCC(C1)N2)NC(Cc1ccccc1)c1ccccc1F. The minimum atomic E-state index is -0.348. The van der Waals surface area contributed by atoms with Gasteiger partial charge in [0.2, 0.25) is 5.91 Å². The van der Waals surface area contributed by atoms with E-state index in [0.717, 1.165) is 18.4 Å². The molecule has 0 aliphatic carbocycles. The van der Waals surface area contributed by atoms with Crippen LogP contribution in [-0.4, -0.2) is 18.0 Å². The zero-order chi connectivity index (χ0) is 18.6. The summed E-state index contributed by atoms with van der Waals surface area (Å²) in [7, 11) is 0. The lowest BCUT2D eigenvalue weighted by atomic mass is 9.89. The van der Waals surface area contributed by atoms with Gasteiger partial charge in [-0.05, 0) is 49.7 Å². The Morgan fingerprint density at radius 3 is 2.41 bits per heavy atom. The van der Waals surface area contributed by atoms with Crippen LogP contribution in [0.25, 0.3) is 0 Å². The molecule has 4 rings (SSSR count). The highest BCUT2D eigenvalue weighted by Gasteiger charge is 2.34. The fraction of sp³-hybridized carbons (Fsp3) is 0.435. The maximum atomic E-state index is 14.4. The molecule has 3 atom stereocenters. The highest BCUT2D eigenvalue weighted by Crippen LogP contribution is 2.33. The van der Waals surface area contributed by atoms with E-state index >= 15 is 0 Å². The summed E-state index contributed by atoms with van der Waals surface area (Å²) in [5, 5.41) is 6.74. The van der Waals surface area contributed by atoms with E-state index in [1.807, 2.05) is 36.4 Å². The quantitative estimate of drug-likeness (QED) is 0.806. The largest absolute Gasteiger partial charge is 0.349 e. The van der Waals surface area contributed by atoms with E-state index in [1.54, 1.807) is 12.1 Å². The Labute approximate surface area is 160 Å². The highest BCUT2D eigenvalue weighted by atomic mass is 19.1. The van der Waals surface area contributed by atoms with Crippen molar-refractivity contribution >= 4 is 5.91 Å². The fourth-order valence-corrected chi connectivity index (χ4v) is 4.70. The Balaban J connectivity index is 1.45. The molecule has 2 bridgehead atoms. The lowest BCUT2D eigenvalue weighted by Gasteiger charge is -2.29. The summed E-state index contributed by atoms with van der Waals surface area (Å²) in [6, 6.07) is 17.5. The molecule has 2 aromatic rings. The van der Waals surface area contributed by atoms with Crippen molar-refractivity contribution in [3.05, 3.63) is 71.5 Å². The number of rotatable bonds is 6. The van der Waals surface area contributed by atoms with E-state index in [-0.39, 0.29) is 17.8 Å². The lowest BCUT2D eigenvalue weighted by molar-refractivity contribution is -0.123. The maximum Gasteiger partial charge on any atom is 0.220 e. The van der Waals surface area contributed by atoms with Crippen molar-refractivity contribution in [3.8, 4) is 0 Å². The molecule has 2 aliphatic heterocycles. The van der Waals surface area contributed by atoms with Gasteiger partial charge >= 0.3 is 0 Å². The fourth-order valence-electron chi connectivity index (χ4n) is 4.70. The van der Waals surface area contributed by atoms with Gasteiger partial charge in [-0.15, -0.1) is 0 Å². The van der Waals surface area contributed by atoms with Gasteiger partial charge in [0.1, 0.15) is 5.82 Å². The number of hydrogen-bond donors (Lipinski definition) is 2. The number of amides is 1. The molecule has 0 radical (unpaired) electrons. The molecule has 4 heteroatoms. The van der Waals surface area contributed by atoms with Gasteiger partial charge < -0.3 is 10.6 Å². The van der Waals surface area contributed by atoms with Gasteiger partial charge in [-0.1, -0.05) is 48.5 Å². The Hall–Kier alpha value is -2.20. The third-order valence-electron chi connectivity index (χ3n) is 5.94. The predicted molar refractivity (Wildman–Crippen MR) is 105 cm³/mol. The van der Waals surface area contributed by atoms with E-state index in [4.69, 9.17) is 0 Å². The molecule has 0 aromatic heterocycles. The zero-order valence-electron chi connectivity index (χ0n) is 15.5. The molecular weight excluding hydrogens is 339 g/mol. The third kappa shape index (κ3) is 4.56. The molecule has 3 unspecified atom stereocenters. The maximum absolute atomic E-state index is 14.4. The first-order chi connectivity index (χ1) is 13.2. The second-order valence-electron chi connectivity index (χ2n) is 8.01. The Morgan fingerprint density at radius 2 is 1.70 bits per heavy atom. The Bertz CT molecular complexity index is 767. The van der Waals surface area contributed by atoms with Crippen molar-refractivity contribution in [2.24, 2.45) is 5.92 Å². The van der Waals surface area contributed by atoms with Gasteiger partial charge in [0.25, 0.3) is 0 Å². The van der Waals surface area contributed by atoms with E-state index in [9.17, 15) is 9.18 Å². The van der Waals surface area contributed by atoms with Crippen molar-refractivity contribution in [2.75, 3.05) is 0 Å². The van der Waals surface area contributed by atoms with Gasteiger partial charge in [-0.2, -0.15) is 0 Å². The third-order valence-corrected chi connectivity index (χ3v) is 5.94. The molecule has 2 saturated heterocycles. The van der Waals surface area contributed by atoms with Crippen molar-refractivity contribution in [1.82, 2.24) is 10.6 Å². The standard InChI is InChI=1S/C23H27FN2O/c24-21-9-5-4-8-20(21)22(14-16-6-2-1-3-7-16)26-23(27)15-17-12-18-10-11-19(13-17)25-18/h1-9,17-19,22,25H,10-15H2,(H,26,27). The summed E-state index contributed by atoms with van der Waals surface area (Å²) in [4.78, 5) is 12.8. The Kier molecular flexibility index (Phi) is 5.53. The first-order valence-electron chi connectivity index (χ1n) is 10.0. The second-order valence-corrected chi connectivity index (χ2v) is 8.01. The van der Waals surface area contributed by atoms with Crippen LogP contribution < -0.4 is 10.6 Å². The molecule has 2 aliphatic rings. The highest BCUT2D eigenvalue weighted by molar-refractivity contribution is 5.76. The molecule has 0 spiro atoms. The molecule has 0 saturated carbocycles. The van der Waals surface area contributed by atoms with Crippen LogP contribution in [0.15, 0.2) is 54.6 Å². The minimum Gasteiger partial charge on any atom is -0.349 e. The van der Waals surface area contributed by atoms with Gasteiger partial charge in [-0.3, -0.25) is 4.79 Å². The molecule has 2 fully saturated rings. The molecule has 2 N–H and O–H groups in total. The molecule has 1 amide bonds. The van der Waals surface area contributed by atoms with Crippen LogP contribution in [0, 0.1) is 11.7 Å². The Morgan fingerprint density at radius 1 is 1.04 bits per heavy atom. The minimum absolute atomic E-state index is 0.0329. The predicted octanol–water partition coefficient (Wildman–Crippen LogP) is 4.15. The monoisotopic (exact) mass is 366 g/mol. The lowest BCUT2D eigenvalue weighted by Crippen LogP contribution is -2.40. The van der Waals surface area contributed by atoms with E-state index in [2.05, 4.69) is 10.6 Å². The number of nitrogens with one attached hydrogen (secondary N) is 2. The number of hydrogen-bond acceptors (Lipinski definition) is 2. The molecule has 3 nitrogen and oxygen atoms in total. The van der Waals surface area contributed by atoms with E-state index in [0.29, 0.717) is 36.4 Å². The van der Waals surface area contributed by atoms with E-state index < -0.39 is 0 Å². The number of halogens is 1. The number of piperidine rings is 1. The van der Waals surface area contributed by atoms with Crippen LogP contribution in [0.1, 0.15) is 49.3 Å². The van der Waals surface area contributed by atoms with Gasteiger partial charge in [0.05, 0.1) is 6.04 Å². The van der Waals surface area contributed by atoms with Crippen LogP contribution >= 0.6 is 0 Å². The summed E-state index contributed by atoms with van der Waals surface area (Å²) < 4.78 is 14.4. The number of benzene rings is 2. The summed E-state index contributed by atoms with van der Waals surface area (Å²) in [5.74, 6) is 0.200. The average molecular weight is 366 g/mol. The van der Waals surface area contributed by atoms with Crippen LogP contribution in [0.4, 0.5) is 4.39 Å². The topological polar surface area (TPSA) is 41.1 Å². The summed E-state index contributed by atoms with van der Waals surface area (Å²) >= 11 is 0. The first-order valence-corrected chi connectivity index (χ1v) is 10.0. The normalized spacial score (nSPS) is 25.1. The van der Waals surface area contributed by atoms with Crippen LogP contribution in [0.2, 0.25) is 0 Å². The number of carbonyl (C=O) groups is 1. The summed E-state index contributed by atoms with van der Waals surface area (Å²) in [5.41, 5.74) is 1.64. The number of fused-ring (bicyclic) bond motifs is 2. The van der Waals surface area contributed by atoms with Crippen molar-refractivity contribution in [1.29, 1.82) is 0 Å². The average Bonchev–Trinajstić information content (AvgIpc) is 3.01. The molecule has 27 heavy (non-hydrogen) atoms. The van der Waals surface area contributed by atoms with Crippen molar-refractivity contribution in [2.45, 2.75) is 56.7 Å². The molecule has 142 valence electrons. The number of carbonyl (C=O) groups excluding carboxylic acids is 1. The van der Waals surface area contributed by atoms with Crippen LogP contribution in [0.3, 0.4) is 0 Å². The van der Waals surface area contributed by atoms with E-state index in [1.165, 1.54) is 18.9 Å². The molecular formula is C23H27FN2O. The molecule has 2 aromatic carbocycles. The van der Waals surface area contributed by atoms with Gasteiger partial charge in [0.15, 0.2) is 0 Å². The smallest absolute Gasteiger partial charge is 0.220 e. The van der Waals surface area contributed by atoms with Crippen molar-refractivity contribution in [3.63, 3.8) is 0 Å². The first kappa shape index (κ1) is 18.2. The summed E-state index contributed by atoms with van der Waals surface area (Å²) in [6.45, 7) is 0. The van der Waals surface area contributed by atoms with Gasteiger partial charge in [-0.25, -0.2) is 4.39 Å². The second kappa shape index (κ2) is 8.22. The van der Waals surface area contributed by atoms with Crippen LogP contribution in [0.5, 0.6) is 0 Å². The van der Waals surface area contributed by atoms with Crippen LogP contribution in [-0.2, 0) is 11.2 Å². The molecule has 2 heterocycles.